The predicted octanol–water partition coefficient (Wildman–Crippen LogP) is 0.470. The van der Waals surface area contributed by atoms with Crippen LogP contribution in [0, 0.1) is 0 Å². The van der Waals surface area contributed by atoms with Gasteiger partial charge in [-0.05, 0) is 18.2 Å². The second-order valence-electron chi connectivity index (χ2n) is 7.52. The van der Waals surface area contributed by atoms with Crippen LogP contribution in [0.2, 0.25) is 0 Å². The molecule has 1 aliphatic heterocycles. The van der Waals surface area contributed by atoms with Gasteiger partial charge in [-0.2, -0.15) is 0 Å². The molecule has 1 aliphatic rings. The highest BCUT2D eigenvalue weighted by Crippen LogP contribution is 2.35. The fourth-order valence-electron chi connectivity index (χ4n) is 3.07. The number of nitrogens with zero attached hydrogens (tertiary/aromatic N) is 1. The van der Waals surface area contributed by atoms with Crippen molar-refractivity contribution in [3.8, 4) is 11.5 Å². The van der Waals surface area contributed by atoms with E-state index >= 15 is 0 Å². The van der Waals surface area contributed by atoms with Gasteiger partial charge < -0.3 is 24.4 Å². The summed E-state index contributed by atoms with van der Waals surface area (Å²) >= 11 is 0. The lowest BCUT2D eigenvalue weighted by molar-refractivity contribution is 0.173. The average Bonchev–Trinajstić information content (AvgIpc) is 3.28. The molecule has 0 amide bonds. The molecule has 2 aromatic heterocycles. The average molecular weight is 380 g/mol. The molecule has 3 N–H and O–H groups in total. The molecular formula is C20H20N4O4. The largest absolute Gasteiger partial charge is 0.454 e. The minimum Gasteiger partial charge on any atom is -0.454 e. The number of nitrogens with one attached hydrogen (secondary N) is 3. The lowest BCUT2D eigenvalue weighted by Crippen LogP contribution is -2.46. The van der Waals surface area contributed by atoms with Crippen LogP contribution in [0.1, 0.15) is 37.7 Å². The molecule has 8 nitrogen and oxygen atoms in total. The molecule has 0 atom stereocenters. The number of aromatic nitrogens is 4. The third kappa shape index (κ3) is 3.24. The Morgan fingerprint density at radius 2 is 1.75 bits per heavy atom. The molecule has 8 heteroatoms. The molecule has 0 aliphatic carbocycles. The number of hydrogen-bond acceptors (Lipinski definition) is 5. The Bertz CT molecular complexity index is 1280. The molecule has 0 unspecified atom stereocenters. The Labute approximate surface area is 159 Å². The maximum Gasteiger partial charge on any atom is 0.272 e. The third-order valence-electron chi connectivity index (χ3n) is 4.41. The van der Waals surface area contributed by atoms with Crippen molar-refractivity contribution in [2.45, 2.75) is 26.2 Å². The van der Waals surface area contributed by atoms with Crippen molar-refractivity contribution < 1.29 is 9.47 Å². The van der Waals surface area contributed by atoms with Gasteiger partial charge >= 0.3 is 0 Å². The van der Waals surface area contributed by atoms with E-state index in [2.05, 4.69) is 19.9 Å². The van der Waals surface area contributed by atoms with E-state index in [9.17, 15) is 9.59 Å². The number of hydrogen-bond donors (Lipinski definition) is 3. The van der Waals surface area contributed by atoms with Gasteiger partial charge in [-0.15, -0.1) is 0 Å². The first-order valence-electron chi connectivity index (χ1n) is 8.81. The SMILES string of the molecule is CC(C)(C)c1[nH]cnc1/C=c1\[nH]c(=O)/c(=C/c2cccc3c2OCO3)[nH]c1=O. The molecule has 4 rings (SSSR count). The standard InChI is InChI=1S/C20H20N4O4/c1-20(2,3)17-12(21-9-22-17)8-14-19(26)23-13(18(25)24-14)7-11-5-4-6-15-16(11)28-10-27-15/h4-9H,10H2,1-3H3,(H,21,22)(H,23,26)(H,24,25)/b13-7-,14-8-. The summed E-state index contributed by atoms with van der Waals surface area (Å²) in [4.78, 5) is 37.7. The maximum absolute atomic E-state index is 12.5. The summed E-state index contributed by atoms with van der Waals surface area (Å²) < 4.78 is 10.8. The summed E-state index contributed by atoms with van der Waals surface area (Å²) in [5.74, 6) is 1.15. The Hall–Kier alpha value is -3.55. The number of imidazole rings is 1. The molecule has 144 valence electrons. The van der Waals surface area contributed by atoms with Crippen LogP contribution in [0.5, 0.6) is 11.5 Å². The summed E-state index contributed by atoms with van der Waals surface area (Å²) in [6.07, 6.45) is 4.70. The fourth-order valence-corrected chi connectivity index (χ4v) is 3.07. The molecule has 0 radical (unpaired) electrons. The van der Waals surface area contributed by atoms with Crippen LogP contribution in [0.15, 0.2) is 34.1 Å². The number of fused-ring (bicyclic) bond motifs is 1. The van der Waals surface area contributed by atoms with Gasteiger partial charge in [0.05, 0.1) is 12.0 Å². The Kier molecular flexibility index (Phi) is 4.18. The minimum atomic E-state index is -0.421. The predicted molar refractivity (Wildman–Crippen MR) is 104 cm³/mol. The van der Waals surface area contributed by atoms with Crippen molar-refractivity contribution in [1.29, 1.82) is 0 Å². The molecular weight excluding hydrogens is 360 g/mol. The number of H-pyrrole nitrogens is 3. The highest BCUT2D eigenvalue weighted by Gasteiger charge is 2.19. The molecule has 3 aromatic rings. The van der Waals surface area contributed by atoms with Gasteiger partial charge in [0.1, 0.15) is 10.7 Å². The first-order valence-corrected chi connectivity index (χ1v) is 8.81. The van der Waals surface area contributed by atoms with Crippen LogP contribution in [0.3, 0.4) is 0 Å². The highest BCUT2D eigenvalue weighted by molar-refractivity contribution is 5.62. The third-order valence-corrected chi connectivity index (χ3v) is 4.41. The minimum absolute atomic E-state index is 0.126. The summed E-state index contributed by atoms with van der Waals surface area (Å²) in [7, 11) is 0. The van der Waals surface area contributed by atoms with Gasteiger partial charge in [-0.1, -0.05) is 32.9 Å². The topological polar surface area (TPSA) is 113 Å². The number of ether oxygens (including phenoxy) is 2. The van der Waals surface area contributed by atoms with E-state index in [0.717, 1.165) is 5.69 Å². The first kappa shape index (κ1) is 17.8. The van der Waals surface area contributed by atoms with Gasteiger partial charge in [0, 0.05) is 16.7 Å². The molecule has 0 saturated heterocycles. The van der Waals surface area contributed by atoms with Crippen LogP contribution in [0.4, 0.5) is 0 Å². The number of aromatic amines is 3. The van der Waals surface area contributed by atoms with Crippen LogP contribution < -0.4 is 31.3 Å². The second kappa shape index (κ2) is 6.56. The van der Waals surface area contributed by atoms with Crippen molar-refractivity contribution in [1.82, 2.24) is 19.9 Å². The van der Waals surface area contributed by atoms with E-state index in [1.165, 1.54) is 0 Å². The van der Waals surface area contributed by atoms with Crippen LogP contribution in [-0.4, -0.2) is 26.7 Å². The van der Waals surface area contributed by atoms with Crippen LogP contribution in [0.25, 0.3) is 12.2 Å². The van der Waals surface area contributed by atoms with Gasteiger partial charge in [0.25, 0.3) is 11.1 Å². The molecule has 3 heterocycles. The van der Waals surface area contributed by atoms with Crippen molar-refractivity contribution in [3.05, 3.63) is 72.9 Å². The molecule has 0 spiro atoms. The van der Waals surface area contributed by atoms with E-state index in [-0.39, 0.29) is 22.9 Å². The number of para-hydroxylation sites is 1. The van der Waals surface area contributed by atoms with Gasteiger partial charge in [0.15, 0.2) is 11.5 Å². The Balaban J connectivity index is 1.83. The zero-order chi connectivity index (χ0) is 19.9. The van der Waals surface area contributed by atoms with Crippen molar-refractivity contribution >= 4 is 12.2 Å². The zero-order valence-corrected chi connectivity index (χ0v) is 15.8. The van der Waals surface area contributed by atoms with E-state index in [0.29, 0.717) is 22.8 Å². The smallest absolute Gasteiger partial charge is 0.272 e. The first-order chi connectivity index (χ1) is 13.3. The lowest BCUT2D eigenvalue weighted by Gasteiger charge is -2.16. The highest BCUT2D eigenvalue weighted by atomic mass is 16.7. The molecule has 0 bridgehead atoms. The summed E-state index contributed by atoms with van der Waals surface area (Å²) in [5, 5.41) is 0.266. The van der Waals surface area contributed by atoms with Crippen molar-refractivity contribution in [2.24, 2.45) is 0 Å². The van der Waals surface area contributed by atoms with Crippen molar-refractivity contribution in [3.63, 3.8) is 0 Å². The van der Waals surface area contributed by atoms with Crippen LogP contribution >= 0.6 is 0 Å². The second-order valence-corrected chi connectivity index (χ2v) is 7.52. The van der Waals surface area contributed by atoms with E-state index in [1.54, 1.807) is 36.7 Å². The van der Waals surface area contributed by atoms with Gasteiger partial charge in [0.2, 0.25) is 6.79 Å². The van der Waals surface area contributed by atoms with Gasteiger partial charge in [-0.3, -0.25) is 9.59 Å². The zero-order valence-electron chi connectivity index (χ0n) is 15.8. The van der Waals surface area contributed by atoms with E-state index in [1.807, 2.05) is 20.8 Å². The molecule has 0 saturated carbocycles. The van der Waals surface area contributed by atoms with Crippen LogP contribution in [-0.2, 0) is 5.41 Å². The normalized spacial score (nSPS) is 14.7. The molecule has 28 heavy (non-hydrogen) atoms. The lowest BCUT2D eigenvalue weighted by atomic mass is 9.90. The van der Waals surface area contributed by atoms with Gasteiger partial charge in [-0.25, -0.2) is 4.98 Å². The molecule has 0 fully saturated rings. The number of rotatable bonds is 2. The van der Waals surface area contributed by atoms with Crippen molar-refractivity contribution in [2.75, 3.05) is 6.79 Å². The summed E-state index contributed by atoms with van der Waals surface area (Å²) in [6, 6.07) is 5.35. The quantitative estimate of drug-likeness (QED) is 0.598. The monoisotopic (exact) mass is 380 g/mol. The fraction of sp³-hybridized carbons (Fsp3) is 0.250. The maximum atomic E-state index is 12.5. The summed E-state index contributed by atoms with van der Waals surface area (Å²) in [5.41, 5.74) is 1.11. The van der Waals surface area contributed by atoms with E-state index in [4.69, 9.17) is 9.47 Å². The Morgan fingerprint density at radius 1 is 1.04 bits per heavy atom. The van der Waals surface area contributed by atoms with E-state index < -0.39 is 11.1 Å². The summed E-state index contributed by atoms with van der Waals surface area (Å²) in [6.45, 7) is 6.23. The Morgan fingerprint density at radius 3 is 2.46 bits per heavy atom. The molecule has 1 aromatic carbocycles. The number of benzene rings is 1.